The Bertz CT molecular complexity index is 529. The van der Waals surface area contributed by atoms with Crippen molar-refractivity contribution in [3.8, 4) is 0 Å². The molecule has 1 heterocycles. The Hall–Kier alpha value is -0.810. The fraction of sp³-hybridized carbons (Fsp3) is 0.950. The first-order valence-corrected chi connectivity index (χ1v) is 10.3. The lowest BCUT2D eigenvalue weighted by atomic mass is 9.51. The van der Waals surface area contributed by atoms with Gasteiger partial charge in [0.1, 0.15) is 0 Å². The van der Waals surface area contributed by atoms with Gasteiger partial charge in [0.25, 0.3) is 0 Å². The van der Waals surface area contributed by atoms with Crippen molar-refractivity contribution < 1.29 is 9.47 Å². The second-order valence-corrected chi connectivity index (χ2v) is 9.08. The van der Waals surface area contributed by atoms with Gasteiger partial charge in [-0.25, -0.2) is 0 Å². The van der Waals surface area contributed by atoms with Gasteiger partial charge < -0.3 is 20.1 Å². The number of nitrogens with one attached hydrogen (secondary N) is 2. The van der Waals surface area contributed by atoms with Crippen molar-refractivity contribution >= 4 is 5.96 Å². The van der Waals surface area contributed by atoms with Gasteiger partial charge in [0.05, 0.1) is 12.2 Å². The van der Waals surface area contributed by atoms with Crippen molar-refractivity contribution in [1.82, 2.24) is 10.6 Å². The topological polar surface area (TPSA) is 54.9 Å². The SMILES string of the molecule is CCOC1CC(NC(=NC)NC2C3CCCOC3C2(C)C)C12CCC2. The molecule has 5 atom stereocenters. The van der Waals surface area contributed by atoms with E-state index in [0.717, 1.165) is 25.6 Å². The summed E-state index contributed by atoms with van der Waals surface area (Å²) in [6, 6.07) is 0.953. The van der Waals surface area contributed by atoms with Gasteiger partial charge in [-0.3, -0.25) is 4.99 Å². The van der Waals surface area contributed by atoms with E-state index in [1.165, 1.54) is 32.1 Å². The van der Waals surface area contributed by atoms with Crippen molar-refractivity contribution in [2.75, 3.05) is 20.3 Å². The van der Waals surface area contributed by atoms with Crippen molar-refractivity contribution in [2.24, 2.45) is 21.7 Å². The molecule has 1 saturated heterocycles. The summed E-state index contributed by atoms with van der Waals surface area (Å²) in [7, 11) is 1.89. The monoisotopic (exact) mass is 349 g/mol. The Morgan fingerprint density at radius 3 is 2.68 bits per heavy atom. The average Bonchev–Trinajstić information content (AvgIpc) is 2.55. The molecule has 0 aromatic carbocycles. The molecule has 3 aliphatic carbocycles. The maximum Gasteiger partial charge on any atom is 0.191 e. The van der Waals surface area contributed by atoms with E-state index in [9.17, 15) is 0 Å². The van der Waals surface area contributed by atoms with Crippen LogP contribution >= 0.6 is 0 Å². The maximum atomic E-state index is 6.03. The zero-order valence-electron chi connectivity index (χ0n) is 16.3. The number of rotatable bonds is 4. The van der Waals surface area contributed by atoms with Crippen molar-refractivity contribution in [3.63, 3.8) is 0 Å². The van der Waals surface area contributed by atoms with Gasteiger partial charge in [-0.2, -0.15) is 0 Å². The Morgan fingerprint density at radius 2 is 2.04 bits per heavy atom. The van der Waals surface area contributed by atoms with Gasteiger partial charge in [-0.1, -0.05) is 20.3 Å². The number of fused-ring (bicyclic) bond motifs is 1. The fourth-order valence-corrected chi connectivity index (χ4v) is 5.94. The highest BCUT2D eigenvalue weighted by atomic mass is 16.5. The summed E-state index contributed by atoms with van der Waals surface area (Å²) < 4.78 is 12.0. The van der Waals surface area contributed by atoms with Crippen LogP contribution in [0.25, 0.3) is 0 Å². The molecule has 0 radical (unpaired) electrons. The second-order valence-electron chi connectivity index (χ2n) is 9.08. The molecule has 5 heteroatoms. The summed E-state index contributed by atoms with van der Waals surface area (Å²) in [5, 5.41) is 7.48. The highest BCUT2D eigenvalue weighted by Crippen LogP contribution is 2.57. The van der Waals surface area contributed by atoms with Crippen LogP contribution in [-0.4, -0.2) is 50.5 Å². The molecule has 25 heavy (non-hydrogen) atoms. The first-order valence-electron chi connectivity index (χ1n) is 10.3. The lowest BCUT2D eigenvalue weighted by Gasteiger charge is -2.62. The summed E-state index contributed by atoms with van der Waals surface area (Å²) in [5.41, 5.74) is 0.531. The van der Waals surface area contributed by atoms with Gasteiger partial charge in [-0.15, -0.1) is 0 Å². The Labute approximate surface area is 152 Å². The summed E-state index contributed by atoms with van der Waals surface area (Å²) in [6.07, 6.45) is 8.33. The quantitative estimate of drug-likeness (QED) is 0.605. The number of hydrogen-bond donors (Lipinski definition) is 2. The summed E-state index contributed by atoms with van der Waals surface area (Å²) in [4.78, 5) is 4.54. The maximum absolute atomic E-state index is 6.03. The Kier molecular flexibility index (Phi) is 4.52. The highest BCUT2D eigenvalue weighted by Gasteiger charge is 2.60. The minimum Gasteiger partial charge on any atom is -0.378 e. The van der Waals surface area contributed by atoms with E-state index in [4.69, 9.17) is 9.47 Å². The molecular formula is C20H35N3O2. The van der Waals surface area contributed by atoms with Crippen LogP contribution in [0, 0.1) is 16.7 Å². The summed E-state index contributed by atoms with van der Waals surface area (Å²) in [5.74, 6) is 1.59. The third kappa shape index (κ3) is 2.61. The molecule has 3 saturated carbocycles. The van der Waals surface area contributed by atoms with E-state index in [2.05, 4.69) is 36.4 Å². The molecule has 5 unspecified atom stereocenters. The van der Waals surface area contributed by atoms with Crippen LogP contribution in [0.15, 0.2) is 4.99 Å². The third-order valence-electron chi connectivity index (χ3n) is 7.60. The number of hydrogen-bond acceptors (Lipinski definition) is 3. The third-order valence-corrected chi connectivity index (χ3v) is 7.60. The Balaban J connectivity index is 1.38. The van der Waals surface area contributed by atoms with Crippen molar-refractivity contribution in [2.45, 2.75) is 83.6 Å². The molecule has 0 bridgehead atoms. The van der Waals surface area contributed by atoms with Gasteiger partial charge in [-0.05, 0) is 39.0 Å². The smallest absolute Gasteiger partial charge is 0.191 e. The molecule has 2 N–H and O–H groups in total. The predicted octanol–water partition coefficient (Wildman–Crippen LogP) is 2.70. The lowest BCUT2D eigenvalue weighted by Crippen LogP contribution is -2.73. The highest BCUT2D eigenvalue weighted by molar-refractivity contribution is 5.81. The van der Waals surface area contributed by atoms with Crippen LogP contribution in [-0.2, 0) is 9.47 Å². The molecule has 0 aromatic heterocycles. The van der Waals surface area contributed by atoms with Gasteiger partial charge in [0.2, 0.25) is 0 Å². The molecular weight excluding hydrogens is 314 g/mol. The largest absolute Gasteiger partial charge is 0.378 e. The van der Waals surface area contributed by atoms with Crippen molar-refractivity contribution in [1.29, 1.82) is 0 Å². The normalized spacial score (nSPS) is 41.1. The molecule has 4 fully saturated rings. The molecule has 4 rings (SSSR count). The minimum absolute atomic E-state index is 0.171. The number of nitrogens with zero attached hydrogens (tertiary/aromatic N) is 1. The lowest BCUT2D eigenvalue weighted by molar-refractivity contribution is -0.189. The minimum atomic E-state index is 0.171. The van der Waals surface area contributed by atoms with Crippen molar-refractivity contribution in [3.05, 3.63) is 0 Å². The van der Waals surface area contributed by atoms with Gasteiger partial charge >= 0.3 is 0 Å². The van der Waals surface area contributed by atoms with E-state index in [1.54, 1.807) is 0 Å². The molecule has 0 amide bonds. The van der Waals surface area contributed by atoms with Gasteiger partial charge in [0.15, 0.2) is 5.96 Å². The van der Waals surface area contributed by atoms with E-state index in [1.807, 2.05) is 7.05 Å². The van der Waals surface area contributed by atoms with Crippen LogP contribution in [0.2, 0.25) is 0 Å². The van der Waals surface area contributed by atoms with E-state index in [0.29, 0.717) is 35.6 Å². The first-order chi connectivity index (χ1) is 12.0. The zero-order valence-corrected chi connectivity index (χ0v) is 16.3. The number of guanidine groups is 1. The first kappa shape index (κ1) is 17.6. The number of aliphatic imine (C=N–C) groups is 1. The van der Waals surface area contributed by atoms with Gasteiger partial charge in [0, 0.05) is 49.1 Å². The van der Waals surface area contributed by atoms with Crippen LogP contribution in [0.1, 0.15) is 59.3 Å². The van der Waals surface area contributed by atoms with E-state index >= 15 is 0 Å². The van der Waals surface area contributed by atoms with E-state index in [-0.39, 0.29) is 5.41 Å². The van der Waals surface area contributed by atoms with Crippen LogP contribution in [0.3, 0.4) is 0 Å². The standard InChI is InChI=1S/C20H35N3O2/c1-5-24-15-12-14(20(15)9-7-10-20)22-18(21-4)23-16-13-8-6-11-25-17(13)19(16,2)3/h13-17H,5-12H2,1-4H3,(H2,21,22,23). The second kappa shape index (κ2) is 6.41. The predicted molar refractivity (Wildman–Crippen MR) is 99.8 cm³/mol. The summed E-state index contributed by atoms with van der Waals surface area (Å²) in [6.45, 7) is 8.51. The molecule has 4 aliphatic rings. The van der Waals surface area contributed by atoms with Crippen LogP contribution in [0.5, 0.6) is 0 Å². The van der Waals surface area contributed by atoms with Crippen LogP contribution in [0.4, 0.5) is 0 Å². The molecule has 0 aromatic rings. The molecule has 5 nitrogen and oxygen atoms in total. The molecule has 1 spiro atoms. The summed E-state index contributed by atoms with van der Waals surface area (Å²) >= 11 is 0. The number of ether oxygens (including phenoxy) is 2. The fourth-order valence-electron chi connectivity index (χ4n) is 5.94. The molecule has 142 valence electrons. The van der Waals surface area contributed by atoms with E-state index < -0.39 is 0 Å². The Morgan fingerprint density at radius 1 is 1.24 bits per heavy atom. The molecule has 1 aliphatic heterocycles. The average molecular weight is 350 g/mol. The zero-order chi connectivity index (χ0) is 17.7. The van der Waals surface area contributed by atoms with Crippen LogP contribution < -0.4 is 10.6 Å².